The van der Waals surface area contributed by atoms with Gasteiger partial charge in [-0.1, -0.05) is 43.0 Å². The molecule has 4 nitrogen and oxygen atoms in total. The van der Waals surface area contributed by atoms with Crippen LogP contribution in [-0.2, 0) is 6.61 Å². The third-order valence-electron chi connectivity index (χ3n) is 4.37. The Morgan fingerprint density at radius 3 is 2.36 bits per heavy atom. The van der Waals surface area contributed by atoms with E-state index in [1.807, 2.05) is 48.5 Å². The summed E-state index contributed by atoms with van der Waals surface area (Å²) in [5.74, 6) is 0.758. The number of hydrogen-bond acceptors (Lipinski definition) is 2. The summed E-state index contributed by atoms with van der Waals surface area (Å²) >= 11 is 5.87. The fourth-order valence-corrected chi connectivity index (χ4v) is 3.11. The van der Waals surface area contributed by atoms with E-state index in [0.29, 0.717) is 17.7 Å². The van der Waals surface area contributed by atoms with Crippen LogP contribution in [0.15, 0.2) is 48.5 Å². The van der Waals surface area contributed by atoms with E-state index in [2.05, 4.69) is 10.6 Å². The number of urea groups is 1. The number of nitrogens with one attached hydrogen (secondary N) is 2. The zero-order chi connectivity index (χ0) is 17.5. The highest BCUT2D eigenvalue weighted by Crippen LogP contribution is 2.19. The van der Waals surface area contributed by atoms with Crippen molar-refractivity contribution in [3.05, 3.63) is 59.1 Å². The Morgan fingerprint density at radius 2 is 1.68 bits per heavy atom. The fraction of sp³-hybridized carbons (Fsp3) is 0.350. The lowest BCUT2D eigenvalue weighted by Gasteiger charge is -2.22. The van der Waals surface area contributed by atoms with E-state index in [-0.39, 0.29) is 6.03 Å². The van der Waals surface area contributed by atoms with Gasteiger partial charge in [-0.2, -0.15) is 0 Å². The molecule has 0 aromatic heterocycles. The first-order valence-electron chi connectivity index (χ1n) is 8.74. The van der Waals surface area contributed by atoms with Crippen LogP contribution in [0.4, 0.5) is 10.5 Å². The van der Waals surface area contributed by atoms with Gasteiger partial charge in [-0.3, -0.25) is 0 Å². The summed E-state index contributed by atoms with van der Waals surface area (Å²) in [5, 5.41) is 6.63. The molecule has 0 radical (unpaired) electrons. The number of rotatable bonds is 5. The van der Waals surface area contributed by atoms with Crippen molar-refractivity contribution in [2.45, 2.75) is 44.8 Å². The molecule has 5 heteroatoms. The summed E-state index contributed by atoms with van der Waals surface area (Å²) in [6.07, 6.45) is 5.82. The van der Waals surface area contributed by atoms with Crippen molar-refractivity contribution in [3.63, 3.8) is 0 Å². The third kappa shape index (κ3) is 5.68. The second kappa shape index (κ2) is 8.77. The Morgan fingerprint density at radius 1 is 1.00 bits per heavy atom. The second-order valence-electron chi connectivity index (χ2n) is 6.37. The van der Waals surface area contributed by atoms with E-state index >= 15 is 0 Å². The first-order valence-corrected chi connectivity index (χ1v) is 9.12. The molecule has 0 saturated heterocycles. The molecule has 1 aliphatic rings. The molecule has 2 N–H and O–H groups in total. The zero-order valence-corrected chi connectivity index (χ0v) is 14.9. The summed E-state index contributed by atoms with van der Waals surface area (Å²) in [4.78, 5) is 12.0. The average molecular weight is 359 g/mol. The molecular weight excluding hydrogens is 336 g/mol. The van der Waals surface area contributed by atoms with Crippen molar-refractivity contribution in [1.29, 1.82) is 0 Å². The topological polar surface area (TPSA) is 50.4 Å². The maximum atomic E-state index is 12.0. The maximum Gasteiger partial charge on any atom is 0.319 e. The highest BCUT2D eigenvalue weighted by Gasteiger charge is 2.15. The average Bonchev–Trinajstić information content (AvgIpc) is 2.63. The van der Waals surface area contributed by atoms with Gasteiger partial charge >= 0.3 is 6.03 Å². The van der Waals surface area contributed by atoms with Gasteiger partial charge in [0.1, 0.15) is 12.4 Å². The lowest BCUT2D eigenvalue weighted by atomic mass is 9.96. The Labute approximate surface area is 153 Å². The van der Waals surface area contributed by atoms with Crippen LogP contribution < -0.4 is 15.4 Å². The molecule has 25 heavy (non-hydrogen) atoms. The molecule has 0 aliphatic heterocycles. The number of benzene rings is 2. The predicted molar refractivity (Wildman–Crippen MR) is 101 cm³/mol. The van der Waals surface area contributed by atoms with Gasteiger partial charge in [-0.25, -0.2) is 4.79 Å². The Hall–Kier alpha value is -2.20. The number of anilines is 1. The van der Waals surface area contributed by atoms with Crippen molar-refractivity contribution in [2.75, 3.05) is 5.32 Å². The quantitative estimate of drug-likeness (QED) is 0.754. The molecular formula is C20H23ClN2O2. The van der Waals surface area contributed by atoms with Gasteiger partial charge in [-0.15, -0.1) is 0 Å². The molecule has 0 spiro atoms. The highest BCUT2D eigenvalue weighted by atomic mass is 35.5. The number of carbonyl (C=O) groups excluding carboxylic acids is 1. The highest BCUT2D eigenvalue weighted by molar-refractivity contribution is 6.30. The van der Waals surface area contributed by atoms with Crippen LogP contribution in [-0.4, -0.2) is 12.1 Å². The van der Waals surface area contributed by atoms with Crippen molar-refractivity contribution in [3.8, 4) is 5.75 Å². The van der Waals surface area contributed by atoms with Crippen LogP contribution in [0, 0.1) is 0 Å². The Balaban J connectivity index is 1.46. The van der Waals surface area contributed by atoms with Crippen molar-refractivity contribution < 1.29 is 9.53 Å². The van der Waals surface area contributed by atoms with E-state index in [1.54, 1.807) is 0 Å². The van der Waals surface area contributed by atoms with Crippen LogP contribution in [0.1, 0.15) is 37.7 Å². The zero-order valence-electron chi connectivity index (χ0n) is 14.1. The number of carbonyl (C=O) groups is 1. The number of ether oxygens (including phenoxy) is 1. The minimum absolute atomic E-state index is 0.137. The van der Waals surface area contributed by atoms with Gasteiger partial charge in [-0.05, 0) is 54.8 Å². The van der Waals surface area contributed by atoms with Crippen LogP contribution in [0.3, 0.4) is 0 Å². The smallest absolute Gasteiger partial charge is 0.319 e. The SMILES string of the molecule is O=C(Nc1ccc(OCc2ccc(Cl)cc2)cc1)NC1CCCCC1. The minimum Gasteiger partial charge on any atom is -0.489 e. The van der Waals surface area contributed by atoms with Gasteiger partial charge in [0.05, 0.1) is 0 Å². The monoisotopic (exact) mass is 358 g/mol. The number of hydrogen-bond donors (Lipinski definition) is 2. The normalized spacial score (nSPS) is 14.8. The lowest BCUT2D eigenvalue weighted by molar-refractivity contribution is 0.244. The van der Waals surface area contributed by atoms with E-state index < -0.39 is 0 Å². The summed E-state index contributed by atoms with van der Waals surface area (Å²) in [5.41, 5.74) is 1.81. The summed E-state index contributed by atoms with van der Waals surface area (Å²) in [7, 11) is 0. The van der Waals surface area contributed by atoms with Crippen LogP contribution >= 0.6 is 11.6 Å². The Bertz CT molecular complexity index is 680. The molecule has 0 heterocycles. The van der Waals surface area contributed by atoms with Crippen molar-refractivity contribution in [1.82, 2.24) is 5.32 Å². The van der Waals surface area contributed by atoms with Crippen LogP contribution in [0.5, 0.6) is 5.75 Å². The van der Waals surface area contributed by atoms with E-state index in [4.69, 9.17) is 16.3 Å². The first-order chi connectivity index (χ1) is 12.2. The van der Waals surface area contributed by atoms with Gasteiger partial charge in [0.25, 0.3) is 0 Å². The van der Waals surface area contributed by atoms with Crippen LogP contribution in [0.2, 0.25) is 5.02 Å². The van der Waals surface area contributed by atoms with E-state index in [1.165, 1.54) is 19.3 Å². The number of halogens is 1. The van der Waals surface area contributed by atoms with Gasteiger partial charge in [0, 0.05) is 16.8 Å². The molecule has 2 aromatic rings. The third-order valence-corrected chi connectivity index (χ3v) is 4.62. The van der Waals surface area contributed by atoms with Gasteiger partial charge in [0.2, 0.25) is 0 Å². The number of amides is 2. The molecule has 1 saturated carbocycles. The molecule has 3 rings (SSSR count). The summed E-state index contributed by atoms with van der Waals surface area (Å²) in [6.45, 7) is 0.478. The standard InChI is InChI=1S/C20H23ClN2O2/c21-16-8-6-15(7-9-16)14-25-19-12-10-18(11-13-19)23-20(24)22-17-4-2-1-3-5-17/h6-13,17H,1-5,14H2,(H2,22,23,24). The largest absolute Gasteiger partial charge is 0.489 e. The summed E-state index contributed by atoms with van der Waals surface area (Å²) < 4.78 is 5.74. The first kappa shape index (κ1) is 17.6. The molecule has 2 aromatic carbocycles. The lowest BCUT2D eigenvalue weighted by Crippen LogP contribution is -2.38. The maximum absolute atomic E-state index is 12.0. The van der Waals surface area contributed by atoms with Gasteiger partial charge in [0.15, 0.2) is 0 Å². The molecule has 0 atom stereocenters. The van der Waals surface area contributed by atoms with Gasteiger partial charge < -0.3 is 15.4 Å². The Kier molecular flexibility index (Phi) is 6.18. The van der Waals surface area contributed by atoms with E-state index in [0.717, 1.165) is 29.8 Å². The molecule has 2 amide bonds. The fourth-order valence-electron chi connectivity index (χ4n) is 2.98. The summed E-state index contributed by atoms with van der Waals surface area (Å²) in [6, 6.07) is 15.1. The van der Waals surface area contributed by atoms with Crippen molar-refractivity contribution in [2.24, 2.45) is 0 Å². The van der Waals surface area contributed by atoms with E-state index in [9.17, 15) is 4.79 Å². The molecule has 1 fully saturated rings. The van der Waals surface area contributed by atoms with Crippen molar-refractivity contribution >= 4 is 23.3 Å². The molecule has 0 unspecified atom stereocenters. The molecule has 132 valence electrons. The predicted octanol–water partition coefficient (Wildman–Crippen LogP) is 5.37. The molecule has 0 bridgehead atoms. The van der Waals surface area contributed by atoms with Crippen LogP contribution in [0.25, 0.3) is 0 Å². The molecule has 1 aliphatic carbocycles. The minimum atomic E-state index is -0.137. The second-order valence-corrected chi connectivity index (χ2v) is 6.81.